The molecule has 0 aromatic heterocycles. The maximum absolute atomic E-state index is 4.73. The van der Waals surface area contributed by atoms with Gasteiger partial charge in [-0.3, -0.25) is 0 Å². The molecule has 0 fully saturated rings. The Morgan fingerprint density at radius 3 is 0.688 bits per heavy atom. The summed E-state index contributed by atoms with van der Waals surface area (Å²) in [6.07, 6.45) is 0. The molecule has 0 aromatic carbocycles. The fourth-order valence-electron chi connectivity index (χ4n) is 0.136. The van der Waals surface area contributed by atoms with E-state index < -0.39 is 0 Å². The Kier molecular flexibility index (Phi) is 22.6. The molecule has 16 heavy (non-hydrogen) atoms. The SMILES string of the molecule is S=S=S=S=S=S=S=S=S=S=S=S=S=S=S=S. The normalized spacial score (nSPS) is 7.25. The standard InChI is InChI=1S/S16/c1-3-5-7-9-11-13-15-16-14-12-10-8-6-4-2. The number of hydrogen-bond donors (Lipinski definition) is 0. The van der Waals surface area contributed by atoms with Gasteiger partial charge in [0, 0.05) is 147 Å². The molecule has 0 bridgehead atoms. The third kappa shape index (κ3) is 17.5. The lowest BCUT2D eigenvalue weighted by Crippen LogP contribution is -1.39. The van der Waals surface area contributed by atoms with Gasteiger partial charge in [-0.2, -0.15) is 0 Å². The molecular weight excluding hydrogens is 513 g/mol. The Morgan fingerprint density at radius 2 is 0.500 bits per heavy atom. The zero-order valence-electron chi connectivity index (χ0n) is 6.53. The van der Waals surface area contributed by atoms with E-state index in [1.807, 2.05) is 0 Å². The molecule has 0 aromatic rings. The number of rotatable bonds is 0. The highest BCUT2D eigenvalue weighted by Gasteiger charge is 1.40. The van der Waals surface area contributed by atoms with Crippen molar-refractivity contribution < 1.29 is 0 Å². The molecule has 0 N–H and O–H groups in total. The summed E-state index contributed by atoms with van der Waals surface area (Å²) in [7, 11) is 23.5. The van der Waals surface area contributed by atoms with Crippen molar-refractivity contribution >= 4 is 147 Å². The fraction of sp³-hybridized carbons (Fsp3) is 0. The Bertz CT molecular complexity index is 691. The first-order chi connectivity index (χ1) is 7.91. The average molecular weight is 513 g/mol. The van der Waals surface area contributed by atoms with Gasteiger partial charge in [-0.1, -0.05) is 0 Å². The minimum absolute atomic E-state index is 1.37. The van der Waals surface area contributed by atoms with Gasteiger partial charge in [0.1, 0.15) is 0 Å². The van der Waals surface area contributed by atoms with Crippen molar-refractivity contribution in [1.29, 1.82) is 0 Å². The minimum Gasteiger partial charge on any atom is 0 e. The number of hydrogen-bond acceptors (Lipinski definition) is 2. The van der Waals surface area contributed by atoms with Crippen LogP contribution in [-0.2, 0) is 147 Å². The van der Waals surface area contributed by atoms with Gasteiger partial charge in [-0.15, -0.1) is 0 Å². The van der Waals surface area contributed by atoms with Gasteiger partial charge >= 0.3 is 0 Å². The smallest absolute Gasteiger partial charge is 0 e. The second-order valence-corrected chi connectivity index (χ2v) is 25.7. The molecule has 0 saturated heterocycles. The van der Waals surface area contributed by atoms with E-state index in [9.17, 15) is 0 Å². The Morgan fingerprint density at radius 1 is 0.312 bits per heavy atom. The molecule has 0 aliphatic heterocycles. The minimum atomic E-state index is 1.37. The highest BCUT2D eigenvalue weighted by Crippen LogP contribution is 1.40. The molecule has 0 radical (unpaired) electrons. The van der Waals surface area contributed by atoms with E-state index in [2.05, 4.69) is 0 Å². The molecule has 0 nitrogen and oxygen atoms in total. The zero-order chi connectivity index (χ0) is 11.9. The highest BCUT2D eigenvalue weighted by atomic mass is 33.5. The van der Waals surface area contributed by atoms with Gasteiger partial charge in [-0.05, 0) is 0 Å². The van der Waals surface area contributed by atoms with Crippen LogP contribution >= 0.6 is 0 Å². The highest BCUT2D eigenvalue weighted by molar-refractivity contribution is 8.77. The van der Waals surface area contributed by atoms with Gasteiger partial charge in [0.05, 0.1) is 0 Å². The molecule has 0 unspecified atom stereocenters. The Hall–Kier alpha value is 3.52. The quantitative estimate of drug-likeness (QED) is 0.447. The molecule has 0 saturated carbocycles. The molecule has 0 aliphatic carbocycles. The topological polar surface area (TPSA) is 0 Å². The summed E-state index contributed by atoms with van der Waals surface area (Å²) in [4.78, 5) is 0. The van der Waals surface area contributed by atoms with E-state index in [1.54, 1.807) is 107 Å². The maximum Gasteiger partial charge on any atom is 0 e. The summed E-state index contributed by atoms with van der Waals surface area (Å²) < 4.78 is 0. The predicted molar refractivity (Wildman–Crippen MR) is 118 cm³/mol. The van der Waals surface area contributed by atoms with Crippen LogP contribution in [-0.4, -0.2) is 0 Å². The van der Waals surface area contributed by atoms with E-state index >= 15 is 0 Å². The fourth-order valence-corrected chi connectivity index (χ4v) is 33.1. The van der Waals surface area contributed by atoms with Crippen molar-refractivity contribution in [3.05, 3.63) is 0 Å². The van der Waals surface area contributed by atoms with Crippen molar-refractivity contribution in [3.63, 3.8) is 0 Å². The molecule has 0 spiro atoms. The summed E-state index contributed by atoms with van der Waals surface area (Å²) >= 11 is 9.46. The second-order valence-electron chi connectivity index (χ2n) is 0.953. The monoisotopic (exact) mass is 512 g/mol. The molecule has 0 aliphatic rings. The summed E-state index contributed by atoms with van der Waals surface area (Å²) in [5.74, 6) is 0. The Labute approximate surface area is 143 Å². The maximum atomic E-state index is 4.73. The van der Waals surface area contributed by atoms with Crippen LogP contribution in [0, 0.1) is 0 Å². The molecule has 16 heteroatoms. The first-order valence-electron chi connectivity index (χ1n) is 2.50. The molecule has 0 atom stereocenters. The van der Waals surface area contributed by atoms with Crippen molar-refractivity contribution in [2.75, 3.05) is 0 Å². The van der Waals surface area contributed by atoms with Crippen LogP contribution in [0.2, 0.25) is 0 Å². The lowest BCUT2D eigenvalue weighted by atomic mass is 30.7. The lowest BCUT2D eigenvalue weighted by Gasteiger charge is -1.39. The van der Waals surface area contributed by atoms with Gasteiger partial charge in [0.15, 0.2) is 0 Å². The van der Waals surface area contributed by atoms with E-state index in [4.69, 9.17) is 22.4 Å². The summed E-state index contributed by atoms with van der Waals surface area (Å²) in [5.41, 5.74) is 0. The van der Waals surface area contributed by atoms with Gasteiger partial charge in [-0.25, -0.2) is 0 Å². The van der Waals surface area contributed by atoms with Crippen molar-refractivity contribution in [2.45, 2.75) is 0 Å². The van der Waals surface area contributed by atoms with Crippen molar-refractivity contribution in [3.8, 4) is 0 Å². The first-order valence-corrected chi connectivity index (χ1v) is 22.5. The van der Waals surface area contributed by atoms with Crippen molar-refractivity contribution in [2.24, 2.45) is 0 Å². The summed E-state index contributed by atoms with van der Waals surface area (Å²) in [6.45, 7) is 0. The first kappa shape index (κ1) is 19.5. The second kappa shape index (κ2) is 18.5. The molecular formula is S16. The van der Waals surface area contributed by atoms with Gasteiger partial charge < -0.3 is 0 Å². The predicted octanol–water partition coefficient (Wildman–Crippen LogP) is -0.0384. The van der Waals surface area contributed by atoms with Crippen LogP contribution in [0.4, 0.5) is 0 Å². The Balaban J connectivity index is 5.66. The van der Waals surface area contributed by atoms with Crippen LogP contribution in [0.3, 0.4) is 0 Å². The molecule has 96 valence electrons. The van der Waals surface area contributed by atoms with Crippen LogP contribution in [0.1, 0.15) is 0 Å². The van der Waals surface area contributed by atoms with Gasteiger partial charge in [0.25, 0.3) is 0 Å². The van der Waals surface area contributed by atoms with Crippen molar-refractivity contribution in [1.82, 2.24) is 0 Å². The third-order valence-electron chi connectivity index (χ3n) is 0.361. The lowest BCUT2D eigenvalue weighted by molar-refractivity contribution is 5.98. The van der Waals surface area contributed by atoms with Crippen LogP contribution < -0.4 is 0 Å². The molecule has 0 heterocycles. The summed E-state index contributed by atoms with van der Waals surface area (Å²) in [5, 5.41) is 0. The largest absolute Gasteiger partial charge is 0 e. The van der Waals surface area contributed by atoms with Crippen LogP contribution in [0.15, 0.2) is 0 Å². The van der Waals surface area contributed by atoms with E-state index in [0.29, 0.717) is 0 Å². The average Bonchev–Trinajstić information content (AvgIpc) is 2.31. The van der Waals surface area contributed by atoms with Gasteiger partial charge in [0.2, 0.25) is 0 Å². The van der Waals surface area contributed by atoms with E-state index in [1.165, 1.54) is 17.8 Å². The van der Waals surface area contributed by atoms with E-state index in [0.717, 1.165) is 0 Å². The molecule has 0 rings (SSSR count). The van der Waals surface area contributed by atoms with Crippen LogP contribution in [0.5, 0.6) is 0 Å². The van der Waals surface area contributed by atoms with Crippen LogP contribution in [0.25, 0.3) is 0 Å². The third-order valence-corrected chi connectivity index (χ3v) is 29.2. The summed E-state index contributed by atoms with van der Waals surface area (Å²) in [6, 6.07) is 0. The molecule has 0 amide bonds. The van der Waals surface area contributed by atoms with E-state index in [-0.39, 0.29) is 0 Å². The zero-order valence-corrected chi connectivity index (χ0v) is 19.6.